The summed E-state index contributed by atoms with van der Waals surface area (Å²) in [5, 5.41) is 3.48. The number of carbonyl (C=O) groups excluding carboxylic acids is 1. The zero-order chi connectivity index (χ0) is 12.1. The molecule has 5 nitrogen and oxygen atoms in total. The number of likely N-dealkylation sites (tertiary alicyclic amines) is 1. The lowest BCUT2D eigenvalue weighted by molar-refractivity contribution is 0.185. The van der Waals surface area contributed by atoms with Gasteiger partial charge in [0.15, 0.2) is 0 Å². The summed E-state index contributed by atoms with van der Waals surface area (Å²) in [6, 6.07) is 4.07. The van der Waals surface area contributed by atoms with Gasteiger partial charge in [0, 0.05) is 32.1 Å². The van der Waals surface area contributed by atoms with Crippen molar-refractivity contribution in [1.29, 1.82) is 0 Å². The molecular weight excluding hydrogens is 218 g/mol. The molecule has 17 heavy (non-hydrogen) atoms. The molecule has 0 bridgehead atoms. The Morgan fingerprint density at radius 3 is 2.88 bits per heavy atom. The number of carbonyl (C=O) groups is 1. The second-order valence-corrected chi connectivity index (χ2v) is 4.38. The Hall–Kier alpha value is -1.49. The normalized spacial score (nSPS) is 17.3. The van der Waals surface area contributed by atoms with Crippen LogP contribution in [0, 0.1) is 0 Å². The predicted molar refractivity (Wildman–Crippen MR) is 64.6 cm³/mol. The first-order chi connectivity index (χ1) is 8.25. The highest BCUT2D eigenvalue weighted by atomic mass is 16.3. The van der Waals surface area contributed by atoms with Gasteiger partial charge in [0.05, 0.1) is 6.26 Å². The third-order valence-electron chi connectivity index (χ3n) is 3.19. The lowest BCUT2D eigenvalue weighted by Gasteiger charge is -2.31. The van der Waals surface area contributed by atoms with Crippen LogP contribution in [0.4, 0.5) is 4.79 Å². The first kappa shape index (κ1) is 12.0. The molecule has 1 saturated heterocycles. The summed E-state index contributed by atoms with van der Waals surface area (Å²) in [7, 11) is 0. The molecule has 1 aliphatic heterocycles. The molecule has 1 fully saturated rings. The Bertz CT molecular complexity index is 343. The molecule has 1 aromatic rings. The highest BCUT2D eigenvalue weighted by Gasteiger charge is 2.20. The van der Waals surface area contributed by atoms with E-state index in [1.807, 2.05) is 12.1 Å². The van der Waals surface area contributed by atoms with Gasteiger partial charge < -0.3 is 20.4 Å². The number of furan rings is 1. The molecule has 0 radical (unpaired) electrons. The van der Waals surface area contributed by atoms with Crippen LogP contribution in [0.15, 0.2) is 22.8 Å². The fraction of sp³-hybridized carbons (Fsp3) is 0.583. The quantitative estimate of drug-likeness (QED) is 0.819. The average molecular weight is 237 g/mol. The monoisotopic (exact) mass is 237 g/mol. The van der Waals surface area contributed by atoms with E-state index in [0.717, 1.165) is 44.7 Å². The van der Waals surface area contributed by atoms with Crippen molar-refractivity contribution in [3.8, 4) is 0 Å². The Morgan fingerprint density at radius 1 is 1.53 bits per heavy atom. The van der Waals surface area contributed by atoms with Crippen molar-refractivity contribution in [2.45, 2.75) is 25.3 Å². The number of nitrogens with zero attached hydrogens (tertiary/aromatic N) is 1. The van der Waals surface area contributed by atoms with Crippen molar-refractivity contribution in [3.63, 3.8) is 0 Å². The molecule has 2 rings (SSSR count). The predicted octanol–water partition coefficient (Wildman–Crippen LogP) is 0.955. The first-order valence-corrected chi connectivity index (χ1v) is 6.06. The largest absolute Gasteiger partial charge is 0.469 e. The molecule has 0 spiro atoms. The van der Waals surface area contributed by atoms with E-state index >= 15 is 0 Å². The summed E-state index contributed by atoms with van der Waals surface area (Å²) in [6.45, 7) is 2.43. The van der Waals surface area contributed by atoms with Gasteiger partial charge in [0.2, 0.25) is 0 Å². The highest BCUT2D eigenvalue weighted by molar-refractivity contribution is 5.72. The topological polar surface area (TPSA) is 71.5 Å². The van der Waals surface area contributed by atoms with Gasteiger partial charge >= 0.3 is 6.03 Å². The van der Waals surface area contributed by atoms with Gasteiger partial charge in [-0.2, -0.15) is 0 Å². The highest BCUT2D eigenvalue weighted by Crippen LogP contribution is 2.10. The summed E-state index contributed by atoms with van der Waals surface area (Å²) in [5.41, 5.74) is 5.23. The maximum Gasteiger partial charge on any atom is 0.314 e. The second-order valence-electron chi connectivity index (χ2n) is 4.38. The van der Waals surface area contributed by atoms with Crippen LogP contribution in [0.25, 0.3) is 0 Å². The maximum absolute atomic E-state index is 10.9. The van der Waals surface area contributed by atoms with Crippen molar-refractivity contribution in [2.75, 3.05) is 19.6 Å². The maximum atomic E-state index is 10.9. The molecule has 1 aliphatic rings. The van der Waals surface area contributed by atoms with Crippen LogP contribution < -0.4 is 11.1 Å². The first-order valence-electron chi connectivity index (χ1n) is 6.06. The van der Waals surface area contributed by atoms with Gasteiger partial charge in [0.25, 0.3) is 0 Å². The third kappa shape index (κ3) is 3.49. The minimum Gasteiger partial charge on any atom is -0.469 e. The van der Waals surface area contributed by atoms with E-state index in [1.165, 1.54) is 0 Å². The number of piperidine rings is 1. The lowest BCUT2D eigenvalue weighted by Crippen LogP contribution is -2.47. The van der Waals surface area contributed by atoms with Crippen LogP contribution in [-0.4, -0.2) is 36.6 Å². The molecule has 94 valence electrons. The zero-order valence-corrected chi connectivity index (χ0v) is 9.89. The van der Waals surface area contributed by atoms with Crippen LogP contribution in [0.5, 0.6) is 0 Å². The number of nitrogens with two attached hydrogens (primary N) is 1. The van der Waals surface area contributed by atoms with Crippen molar-refractivity contribution < 1.29 is 9.21 Å². The molecule has 0 unspecified atom stereocenters. The van der Waals surface area contributed by atoms with Crippen LogP contribution >= 0.6 is 0 Å². The molecule has 0 saturated carbocycles. The Kier molecular flexibility index (Phi) is 4.03. The van der Waals surface area contributed by atoms with Gasteiger partial charge in [0.1, 0.15) is 5.76 Å². The van der Waals surface area contributed by atoms with Crippen molar-refractivity contribution in [1.82, 2.24) is 10.2 Å². The number of nitrogens with one attached hydrogen (secondary N) is 1. The summed E-state index contributed by atoms with van der Waals surface area (Å²) in [4.78, 5) is 12.6. The van der Waals surface area contributed by atoms with E-state index in [0.29, 0.717) is 6.04 Å². The standard InChI is InChI=1S/C12H19N3O2/c13-12(16)15-7-4-10(5-8-15)14-6-3-11-2-1-9-17-11/h1-2,9-10,14H,3-8H2,(H2,13,16). The summed E-state index contributed by atoms with van der Waals surface area (Å²) >= 11 is 0. The Balaban J connectivity index is 1.63. The molecule has 0 aromatic carbocycles. The molecule has 5 heteroatoms. The van der Waals surface area contributed by atoms with Crippen molar-refractivity contribution in [3.05, 3.63) is 24.2 Å². The van der Waals surface area contributed by atoms with Crippen LogP contribution in [0.3, 0.4) is 0 Å². The molecule has 0 aliphatic carbocycles. The molecule has 0 atom stereocenters. The van der Waals surface area contributed by atoms with Crippen molar-refractivity contribution >= 4 is 6.03 Å². The number of urea groups is 1. The molecule has 2 amide bonds. The van der Waals surface area contributed by atoms with Gasteiger partial charge in [-0.15, -0.1) is 0 Å². The van der Waals surface area contributed by atoms with Crippen LogP contribution in [0.1, 0.15) is 18.6 Å². The van der Waals surface area contributed by atoms with Gasteiger partial charge in [-0.25, -0.2) is 4.79 Å². The van der Waals surface area contributed by atoms with Crippen molar-refractivity contribution in [2.24, 2.45) is 5.73 Å². The number of hydrogen-bond donors (Lipinski definition) is 2. The molecular formula is C12H19N3O2. The van der Waals surface area contributed by atoms with E-state index in [1.54, 1.807) is 11.2 Å². The number of rotatable bonds is 4. The number of hydrogen-bond acceptors (Lipinski definition) is 3. The SMILES string of the molecule is NC(=O)N1CCC(NCCc2ccco2)CC1. The number of amides is 2. The number of primary amides is 1. The summed E-state index contributed by atoms with van der Waals surface area (Å²) < 4.78 is 5.26. The van der Waals surface area contributed by atoms with E-state index in [4.69, 9.17) is 10.2 Å². The Labute approximate surface area is 101 Å². The van der Waals surface area contributed by atoms with Gasteiger partial charge in [-0.1, -0.05) is 0 Å². The minimum absolute atomic E-state index is 0.306. The van der Waals surface area contributed by atoms with E-state index in [9.17, 15) is 4.79 Å². The minimum atomic E-state index is -0.306. The molecule has 2 heterocycles. The smallest absolute Gasteiger partial charge is 0.314 e. The van der Waals surface area contributed by atoms with E-state index in [2.05, 4.69) is 5.32 Å². The fourth-order valence-corrected chi connectivity index (χ4v) is 2.16. The zero-order valence-electron chi connectivity index (χ0n) is 9.89. The summed E-state index contributed by atoms with van der Waals surface area (Å²) in [5.74, 6) is 1.01. The second kappa shape index (κ2) is 5.72. The molecule has 1 aromatic heterocycles. The van der Waals surface area contributed by atoms with Crippen LogP contribution in [-0.2, 0) is 6.42 Å². The average Bonchev–Trinajstić information content (AvgIpc) is 2.83. The molecule has 3 N–H and O–H groups in total. The van der Waals surface area contributed by atoms with E-state index in [-0.39, 0.29) is 6.03 Å². The van der Waals surface area contributed by atoms with E-state index < -0.39 is 0 Å². The van der Waals surface area contributed by atoms with Crippen LogP contribution in [0.2, 0.25) is 0 Å². The summed E-state index contributed by atoms with van der Waals surface area (Å²) in [6.07, 6.45) is 4.55. The fourth-order valence-electron chi connectivity index (χ4n) is 2.16. The van der Waals surface area contributed by atoms with Gasteiger partial charge in [-0.3, -0.25) is 0 Å². The Morgan fingerprint density at radius 2 is 2.29 bits per heavy atom. The lowest BCUT2D eigenvalue weighted by atomic mass is 10.1. The van der Waals surface area contributed by atoms with Gasteiger partial charge in [-0.05, 0) is 25.0 Å². The third-order valence-corrected chi connectivity index (χ3v) is 3.19.